The number of anilines is 2. The molecular weight excluding hydrogens is 440 g/mol. The van der Waals surface area contributed by atoms with E-state index in [0.717, 1.165) is 35.1 Å². The van der Waals surface area contributed by atoms with Crippen molar-refractivity contribution in [3.63, 3.8) is 0 Å². The highest BCUT2D eigenvalue weighted by atomic mass is 19.1. The minimum absolute atomic E-state index is 0.182. The van der Waals surface area contributed by atoms with Crippen LogP contribution in [0.5, 0.6) is 0 Å². The molecule has 0 saturated carbocycles. The van der Waals surface area contributed by atoms with Crippen molar-refractivity contribution in [2.75, 3.05) is 24.3 Å². The van der Waals surface area contributed by atoms with Crippen molar-refractivity contribution >= 4 is 23.3 Å². The lowest BCUT2D eigenvalue weighted by Crippen LogP contribution is -2.42. The summed E-state index contributed by atoms with van der Waals surface area (Å²) in [5.74, 6) is -2.12. The van der Waals surface area contributed by atoms with Gasteiger partial charge in [0.05, 0.1) is 12.1 Å². The Morgan fingerprint density at radius 2 is 1.68 bits per heavy atom. The highest BCUT2D eigenvalue weighted by Gasteiger charge is 2.27. The third-order valence-corrected chi connectivity index (χ3v) is 5.64. The van der Waals surface area contributed by atoms with Crippen LogP contribution in [0.4, 0.5) is 20.3 Å². The van der Waals surface area contributed by atoms with Gasteiger partial charge >= 0.3 is 0 Å². The number of carbonyl (C=O) groups excluding carboxylic acids is 2. The molecular formula is C25H29F2N5O2. The lowest BCUT2D eigenvalue weighted by atomic mass is 9.81. The predicted molar refractivity (Wildman–Crippen MR) is 128 cm³/mol. The van der Waals surface area contributed by atoms with Crippen molar-refractivity contribution in [3.05, 3.63) is 77.0 Å². The second kappa shape index (κ2) is 10.0. The van der Waals surface area contributed by atoms with Gasteiger partial charge in [-0.15, -0.1) is 0 Å². The quantitative estimate of drug-likeness (QED) is 0.469. The lowest BCUT2D eigenvalue weighted by molar-refractivity contribution is -0.125. The Morgan fingerprint density at radius 1 is 1.06 bits per heavy atom. The molecule has 2 aromatic carbocycles. The monoisotopic (exact) mass is 469 g/mol. The SMILES string of the molecule is C[C@H](NC(=O)Cc1cc(F)cc(F)c1)C(=O)Nc1cc(C(C)(C)c2ccc(N(C)C)cc2)n[nH]1. The van der Waals surface area contributed by atoms with E-state index < -0.39 is 34.9 Å². The molecule has 1 atom stereocenters. The van der Waals surface area contributed by atoms with Gasteiger partial charge in [0.15, 0.2) is 0 Å². The second-order valence-corrected chi connectivity index (χ2v) is 8.97. The first kappa shape index (κ1) is 24.9. The summed E-state index contributed by atoms with van der Waals surface area (Å²) in [6.07, 6.45) is -0.249. The molecule has 9 heteroatoms. The molecule has 0 bridgehead atoms. The van der Waals surface area contributed by atoms with E-state index in [1.54, 1.807) is 6.07 Å². The Labute approximate surface area is 197 Å². The van der Waals surface area contributed by atoms with Crippen LogP contribution in [0.15, 0.2) is 48.5 Å². The van der Waals surface area contributed by atoms with Crippen LogP contribution in [-0.2, 0) is 21.4 Å². The Kier molecular flexibility index (Phi) is 7.34. The van der Waals surface area contributed by atoms with Crippen molar-refractivity contribution < 1.29 is 18.4 Å². The van der Waals surface area contributed by atoms with Crippen molar-refractivity contribution in [1.29, 1.82) is 0 Å². The van der Waals surface area contributed by atoms with Crippen molar-refractivity contribution in [2.24, 2.45) is 0 Å². The van der Waals surface area contributed by atoms with E-state index in [1.165, 1.54) is 6.92 Å². The summed E-state index contributed by atoms with van der Waals surface area (Å²) >= 11 is 0. The first-order valence-corrected chi connectivity index (χ1v) is 10.8. The molecule has 0 radical (unpaired) electrons. The topological polar surface area (TPSA) is 90.1 Å². The number of benzene rings is 2. The lowest BCUT2D eigenvalue weighted by Gasteiger charge is -2.24. The number of aromatic amines is 1. The standard InChI is InChI=1S/C25H29F2N5O2/c1-15(28-23(33)12-16-10-18(26)13-19(27)11-16)24(34)29-22-14-21(30-31-22)25(2,3)17-6-8-20(9-7-17)32(4)5/h6-11,13-15H,12H2,1-5H3,(H,28,33)(H2,29,30,31,34)/t15-/m0/s1. The summed E-state index contributed by atoms with van der Waals surface area (Å²) in [6.45, 7) is 5.60. The van der Waals surface area contributed by atoms with Gasteiger partial charge in [0.2, 0.25) is 11.8 Å². The number of amides is 2. The highest BCUT2D eigenvalue weighted by Crippen LogP contribution is 2.32. The molecule has 1 aromatic heterocycles. The van der Waals surface area contributed by atoms with Crippen LogP contribution >= 0.6 is 0 Å². The van der Waals surface area contributed by atoms with Crippen LogP contribution in [0.3, 0.4) is 0 Å². The van der Waals surface area contributed by atoms with Gasteiger partial charge < -0.3 is 15.5 Å². The average Bonchev–Trinajstić information content (AvgIpc) is 3.22. The number of rotatable bonds is 8. The number of carbonyl (C=O) groups is 2. The van der Waals surface area contributed by atoms with E-state index in [-0.39, 0.29) is 12.0 Å². The number of H-pyrrole nitrogens is 1. The molecule has 0 aliphatic rings. The number of halogens is 2. The maximum atomic E-state index is 13.3. The third-order valence-electron chi connectivity index (χ3n) is 5.64. The van der Waals surface area contributed by atoms with Gasteiger partial charge in [-0.2, -0.15) is 5.10 Å². The van der Waals surface area contributed by atoms with E-state index in [9.17, 15) is 18.4 Å². The van der Waals surface area contributed by atoms with Gasteiger partial charge in [0.1, 0.15) is 23.5 Å². The largest absolute Gasteiger partial charge is 0.378 e. The normalized spacial score (nSPS) is 12.2. The van der Waals surface area contributed by atoms with Crippen molar-refractivity contribution in [1.82, 2.24) is 15.5 Å². The van der Waals surface area contributed by atoms with Gasteiger partial charge in [-0.3, -0.25) is 14.7 Å². The van der Waals surface area contributed by atoms with E-state index in [4.69, 9.17) is 0 Å². The molecule has 3 aromatic rings. The first-order chi connectivity index (χ1) is 16.0. The average molecular weight is 470 g/mol. The van der Waals surface area contributed by atoms with E-state index >= 15 is 0 Å². The number of nitrogens with one attached hydrogen (secondary N) is 3. The van der Waals surface area contributed by atoms with Gasteiger partial charge in [-0.05, 0) is 42.3 Å². The Hall–Kier alpha value is -3.75. The fourth-order valence-electron chi connectivity index (χ4n) is 3.53. The molecule has 7 nitrogen and oxygen atoms in total. The highest BCUT2D eigenvalue weighted by molar-refractivity contribution is 5.96. The number of hydrogen-bond acceptors (Lipinski definition) is 4. The summed E-state index contributed by atoms with van der Waals surface area (Å²) in [5, 5.41) is 12.4. The first-order valence-electron chi connectivity index (χ1n) is 10.8. The van der Waals surface area contributed by atoms with Crippen LogP contribution in [-0.4, -0.2) is 42.1 Å². The van der Waals surface area contributed by atoms with Crippen LogP contribution in [0.25, 0.3) is 0 Å². The van der Waals surface area contributed by atoms with E-state index in [1.807, 2.05) is 57.1 Å². The summed E-state index contributed by atoms with van der Waals surface area (Å²) in [5.41, 5.74) is 2.67. The molecule has 0 aliphatic carbocycles. The number of nitrogens with zero attached hydrogens (tertiary/aromatic N) is 2. The number of aromatic nitrogens is 2. The minimum Gasteiger partial charge on any atom is -0.378 e. The fraction of sp³-hybridized carbons (Fsp3) is 0.320. The summed E-state index contributed by atoms with van der Waals surface area (Å²) in [6, 6.07) is 11.9. The molecule has 0 aliphatic heterocycles. The molecule has 3 N–H and O–H groups in total. The van der Waals surface area contributed by atoms with Crippen molar-refractivity contribution in [3.8, 4) is 0 Å². The molecule has 34 heavy (non-hydrogen) atoms. The van der Waals surface area contributed by atoms with Crippen LogP contribution < -0.4 is 15.5 Å². The molecule has 0 spiro atoms. The molecule has 2 amide bonds. The van der Waals surface area contributed by atoms with Gasteiger partial charge in [-0.25, -0.2) is 8.78 Å². The van der Waals surface area contributed by atoms with E-state index in [0.29, 0.717) is 5.82 Å². The Bertz CT molecular complexity index is 1150. The van der Waals surface area contributed by atoms with E-state index in [2.05, 4.69) is 20.8 Å². The van der Waals surface area contributed by atoms with Gasteiger partial charge in [0.25, 0.3) is 0 Å². The summed E-state index contributed by atoms with van der Waals surface area (Å²) < 4.78 is 26.6. The maximum Gasteiger partial charge on any atom is 0.247 e. The maximum absolute atomic E-state index is 13.3. The summed E-state index contributed by atoms with van der Waals surface area (Å²) in [7, 11) is 3.96. The Balaban J connectivity index is 1.61. The second-order valence-electron chi connectivity index (χ2n) is 8.97. The molecule has 1 heterocycles. The summed E-state index contributed by atoms with van der Waals surface area (Å²) in [4.78, 5) is 26.8. The molecule has 0 unspecified atom stereocenters. The van der Waals surface area contributed by atoms with Crippen LogP contribution in [0.2, 0.25) is 0 Å². The molecule has 0 fully saturated rings. The number of hydrogen-bond donors (Lipinski definition) is 3. The zero-order chi connectivity index (χ0) is 25.0. The molecule has 0 saturated heterocycles. The molecule has 3 rings (SSSR count). The van der Waals surface area contributed by atoms with Crippen LogP contribution in [0, 0.1) is 11.6 Å². The Morgan fingerprint density at radius 3 is 2.26 bits per heavy atom. The van der Waals surface area contributed by atoms with Crippen LogP contribution in [0.1, 0.15) is 37.6 Å². The smallest absolute Gasteiger partial charge is 0.247 e. The molecule has 180 valence electrons. The van der Waals surface area contributed by atoms with Crippen molar-refractivity contribution in [2.45, 2.75) is 38.6 Å². The predicted octanol–water partition coefficient (Wildman–Crippen LogP) is 3.77. The zero-order valence-electron chi connectivity index (χ0n) is 19.9. The minimum atomic E-state index is -0.871. The fourth-order valence-corrected chi connectivity index (χ4v) is 3.53. The van der Waals surface area contributed by atoms with Gasteiger partial charge in [-0.1, -0.05) is 26.0 Å². The third kappa shape index (κ3) is 5.98. The zero-order valence-corrected chi connectivity index (χ0v) is 19.9. The van der Waals surface area contributed by atoms with Gasteiger partial charge in [0, 0.05) is 37.3 Å².